The van der Waals surface area contributed by atoms with Gasteiger partial charge in [0.2, 0.25) is 0 Å². The zero-order valence-corrected chi connectivity index (χ0v) is 10.7. The monoisotopic (exact) mass is 252 g/mol. The average Bonchev–Trinajstić information content (AvgIpc) is 2.35. The highest BCUT2D eigenvalue weighted by atomic mass is 19.1. The van der Waals surface area contributed by atoms with Gasteiger partial charge in [-0.15, -0.1) is 0 Å². The molecule has 1 aromatic rings. The second-order valence-electron chi connectivity index (χ2n) is 4.43. The molecule has 0 spiro atoms. The largest absolute Gasteiger partial charge is 0.370 e. The molecule has 0 aromatic heterocycles. The maximum Gasteiger partial charge on any atom is 0.185 e. The minimum atomic E-state index is -0.429. The molecular formula is C13H21FN4. The molecule has 0 saturated heterocycles. The van der Waals surface area contributed by atoms with Crippen LogP contribution < -0.4 is 16.4 Å². The van der Waals surface area contributed by atoms with E-state index in [1.165, 1.54) is 11.1 Å². The van der Waals surface area contributed by atoms with Crippen molar-refractivity contribution < 1.29 is 4.39 Å². The molecule has 5 N–H and O–H groups in total. The first-order valence-electron chi connectivity index (χ1n) is 6.02. The number of hydrogen-bond donors (Lipinski definition) is 4. The third-order valence-electron chi connectivity index (χ3n) is 2.68. The summed E-state index contributed by atoms with van der Waals surface area (Å²) in [5, 5.41) is 12.9. The van der Waals surface area contributed by atoms with E-state index in [1.807, 2.05) is 6.92 Å². The van der Waals surface area contributed by atoms with Gasteiger partial charge in [0.05, 0.1) is 6.67 Å². The molecule has 1 unspecified atom stereocenters. The number of nitrogens with one attached hydrogen (secondary N) is 3. The van der Waals surface area contributed by atoms with Crippen molar-refractivity contribution in [1.29, 1.82) is 5.41 Å². The van der Waals surface area contributed by atoms with Gasteiger partial charge in [0.15, 0.2) is 5.96 Å². The summed E-state index contributed by atoms with van der Waals surface area (Å²) in [7, 11) is 0. The van der Waals surface area contributed by atoms with E-state index >= 15 is 0 Å². The fraction of sp³-hybridized carbons (Fsp3) is 0.462. The van der Waals surface area contributed by atoms with Gasteiger partial charge in [0.25, 0.3) is 0 Å². The molecule has 0 aliphatic heterocycles. The average molecular weight is 252 g/mol. The third-order valence-corrected chi connectivity index (χ3v) is 2.68. The quantitative estimate of drug-likeness (QED) is 0.434. The van der Waals surface area contributed by atoms with Crippen molar-refractivity contribution in [2.24, 2.45) is 11.7 Å². The van der Waals surface area contributed by atoms with E-state index in [9.17, 15) is 4.39 Å². The van der Waals surface area contributed by atoms with Gasteiger partial charge >= 0.3 is 0 Å². The second kappa shape index (κ2) is 7.66. The lowest BCUT2D eigenvalue weighted by Gasteiger charge is -2.15. The van der Waals surface area contributed by atoms with Gasteiger partial charge in [-0.2, -0.15) is 0 Å². The van der Waals surface area contributed by atoms with Crippen LogP contribution in [-0.2, 0) is 6.54 Å². The summed E-state index contributed by atoms with van der Waals surface area (Å²) in [5.41, 5.74) is 7.56. The molecule has 0 fully saturated rings. The van der Waals surface area contributed by atoms with E-state index < -0.39 is 6.67 Å². The van der Waals surface area contributed by atoms with Crippen LogP contribution in [0, 0.1) is 18.3 Å². The van der Waals surface area contributed by atoms with Crippen LogP contribution in [0.2, 0.25) is 0 Å². The molecule has 5 heteroatoms. The molecule has 18 heavy (non-hydrogen) atoms. The minimum Gasteiger partial charge on any atom is -0.370 e. The Kier molecular flexibility index (Phi) is 6.14. The number of aryl methyl sites for hydroxylation is 1. The Bertz CT molecular complexity index is 364. The normalized spacial score (nSPS) is 12.1. The van der Waals surface area contributed by atoms with E-state index in [4.69, 9.17) is 11.1 Å². The predicted molar refractivity (Wildman–Crippen MR) is 72.3 cm³/mol. The van der Waals surface area contributed by atoms with Crippen LogP contribution in [0.1, 0.15) is 11.1 Å². The van der Waals surface area contributed by atoms with Crippen molar-refractivity contribution in [2.75, 3.05) is 19.8 Å². The zero-order chi connectivity index (χ0) is 13.4. The highest BCUT2D eigenvalue weighted by Gasteiger charge is 2.07. The Morgan fingerprint density at radius 3 is 2.56 bits per heavy atom. The van der Waals surface area contributed by atoms with Crippen LogP contribution >= 0.6 is 0 Å². The maximum atomic E-state index is 12.7. The van der Waals surface area contributed by atoms with Crippen molar-refractivity contribution in [2.45, 2.75) is 13.5 Å². The third kappa shape index (κ3) is 5.63. The highest BCUT2D eigenvalue weighted by Crippen LogP contribution is 2.03. The van der Waals surface area contributed by atoms with Crippen LogP contribution in [0.3, 0.4) is 0 Å². The Hall–Kier alpha value is -1.62. The smallest absolute Gasteiger partial charge is 0.185 e. The fourth-order valence-electron chi connectivity index (χ4n) is 1.56. The molecule has 0 radical (unpaired) electrons. The Labute approximate surface area is 107 Å². The van der Waals surface area contributed by atoms with Crippen molar-refractivity contribution in [3.05, 3.63) is 35.4 Å². The minimum absolute atomic E-state index is 0.119. The van der Waals surface area contributed by atoms with Gasteiger partial charge in [0, 0.05) is 25.6 Å². The molecule has 4 nitrogen and oxygen atoms in total. The molecule has 1 aromatic carbocycles. The molecule has 0 heterocycles. The van der Waals surface area contributed by atoms with Gasteiger partial charge in [-0.1, -0.05) is 29.8 Å². The number of alkyl halides is 1. The lowest BCUT2D eigenvalue weighted by molar-refractivity contribution is 0.344. The van der Waals surface area contributed by atoms with Gasteiger partial charge in [-0.05, 0) is 12.5 Å². The number of rotatable bonds is 7. The van der Waals surface area contributed by atoms with E-state index in [0.29, 0.717) is 13.1 Å². The van der Waals surface area contributed by atoms with E-state index in [2.05, 4.69) is 34.9 Å². The number of guanidine groups is 1. The fourth-order valence-corrected chi connectivity index (χ4v) is 1.56. The van der Waals surface area contributed by atoms with Crippen LogP contribution in [0.5, 0.6) is 0 Å². The second-order valence-corrected chi connectivity index (χ2v) is 4.43. The van der Waals surface area contributed by atoms with Crippen molar-refractivity contribution in [3.63, 3.8) is 0 Å². The summed E-state index contributed by atoms with van der Waals surface area (Å²) in [6.07, 6.45) is 0. The van der Waals surface area contributed by atoms with Gasteiger partial charge in [0.1, 0.15) is 0 Å². The summed E-state index contributed by atoms with van der Waals surface area (Å²) in [6.45, 7) is 3.28. The van der Waals surface area contributed by atoms with E-state index in [-0.39, 0.29) is 11.9 Å². The molecule has 0 aliphatic carbocycles. The maximum absolute atomic E-state index is 12.7. The molecule has 1 atom stereocenters. The zero-order valence-electron chi connectivity index (χ0n) is 10.7. The first kappa shape index (κ1) is 14.4. The van der Waals surface area contributed by atoms with Crippen molar-refractivity contribution in [3.8, 4) is 0 Å². The van der Waals surface area contributed by atoms with Crippen molar-refractivity contribution in [1.82, 2.24) is 10.6 Å². The van der Waals surface area contributed by atoms with Gasteiger partial charge in [-0.25, -0.2) is 0 Å². The molecule has 100 valence electrons. The molecule has 0 bridgehead atoms. The first-order chi connectivity index (χ1) is 8.61. The Morgan fingerprint density at radius 2 is 2.00 bits per heavy atom. The summed E-state index contributed by atoms with van der Waals surface area (Å²) in [6, 6.07) is 8.23. The standard InChI is InChI=1S/C13H21FN4/c1-10-2-4-11(5-3-10)7-17-8-12(6-14)9-18-13(15)16/h2-5,12,17H,6-9H2,1H3,(H4,15,16,18). The summed E-state index contributed by atoms with van der Waals surface area (Å²) in [5.74, 6) is -0.286. The van der Waals surface area contributed by atoms with Crippen LogP contribution in [0.25, 0.3) is 0 Å². The molecule has 0 aliphatic rings. The predicted octanol–water partition coefficient (Wildman–Crippen LogP) is 1.15. The molecule has 0 saturated carbocycles. The number of nitrogens with two attached hydrogens (primary N) is 1. The summed E-state index contributed by atoms with van der Waals surface area (Å²) < 4.78 is 12.7. The highest BCUT2D eigenvalue weighted by molar-refractivity contribution is 5.74. The van der Waals surface area contributed by atoms with E-state index in [1.54, 1.807) is 0 Å². The Morgan fingerprint density at radius 1 is 1.33 bits per heavy atom. The lowest BCUT2D eigenvalue weighted by atomic mass is 10.1. The van der Waals surface area contributed by atoms with Crippen LogP contribution in [-0.4, -0.2) is 25.7 Å². The molecule has 1 rings (SSSR count). The number of benzene rings is 1. The van der Waals surface area contributed by atoms with Crippen molar-refractivity contribution >= 4 is 5.96 Å². The number of hydrogen-bond acceptors (Lipinski definition) is 2. The number of halogens is 1. The van der Waals surface area contributed by atoms with Gasteiger partial charge in [-0.3, -0.25) is 9.80 Å². The SMILES string of the molecule is Cc1ccc(CNCC(CF)CNC(=N)N)cc1. The first-order valence-corrected chi connectivity index (χ1v) is 6.02. The van der Waals surface area contributed by atoms with Gasteiger partial charge < -0.3 is 16.4 Å². The van der Waals surface area contributed by atoms with Crippen LogP contribution in [0.4, 0.5) is 4.39 Å². The summed E-state index contributed by atoms with van der Waals surface area (Å²) in [4.78, 5) is 0. The Balaban J connectivity index is 2.26. The lowest BCUT2D eigenvalue weighted by Crippen LogP contribution is -2.38. The topological polar surface area (TPSA) is 73.9 Å². The molecular weight excluding hydrogens is 231 g/mol. The summed E-state index contributed by atoms with van der Waals surface area (Å²) >= 11 is 0. The van der Waals surface area contributed by atoms with Crippen LogP contribution in [0.15, 0.2) is 24.3 Å². The molecule has 0 amide bonds. The van der Waals surface area contributed by atoms with E-state index in [0.717, 1.165) is 6.54 Å².